The first-order valence-electron chi connectivity index (χ1n) is 5.13. The first-order chi connectivity index (χ1) is 9.45. The quantitative estimate of drug-likeness (QED) is 0.583. The number of hydrogen-bond donors (Lipinski definition) is 2. The molecule has 0 radical (unpaired) electrons. The van der Waals surface area contributed by atoms with Crippen molar-refractivity contribution in [3.63, 3.8) is 0 Å². The molecule has 0 fully saturated rings. The number of nitro benzene ring substituents is 1. The predicted molar refractivity (Wildman–Crippen MR) is 68.0 cm³/mol. The molecule has 7 nitrogen and oxygen atoms in total. The van der Waals surface area contributed by atoms with E-state index in [1.54, 1.807) is 0 Å². The summed E-state index contributed by atoms with van der Waals surface area (Å²) in [7, 11) is -4.60. The van der Waals surface area contributed by atoms with E-state index in [-0.39, 0.29) is 4.47 Å². The van der Waals surface area contributed by atoms with E-state index in [4.69, 9.17) is 5.11 Å². The van der Waals surface area contributed by atoms with E-state index >= 15 is 0 Å². The first-order valence-corrected chi connectivity index (χ1v) is 7.41. The van der Waals surface area contributed by atoms with Gasteiger partial charge in [0.05, 0.1) is 4.92 Å². The standard InChI is InChI=1S/C9H8BrF3N2O5S/c10-5-1-2-6(15(17)18)7(3-5)21(19,20)14-4-8(16)9(11,12)13/h1-3,8,14,16H,4H2. The Kier molecular flexibility index (Phi) is 5.30. The van der Waals surface area contributed by atoms with Crippen LogP contribution in [-0.2, 0) is 10.0 Å². The summed E-state index contributed by atoms with van der Waals surface area (Å²) >= 11 is 2.91. The normalized spacial score (nSPS) is 14.0. The van der Waals surface area contributed by atoms with E-state index in [9.17, 15) is 31.7 Å². The van der Waals surface area contributed by atoms with Gasteiger partial charge in [-0.1, -0.05) is 15.9 Å². The number of rotatable bonds is 5. The molecule has 0 spiro atoms. The number of nitro groups is 1. The topological polar surface area (TPSA) is 110 Å². The Morgan fingerprint density at radius 1 is 1.43 bits per heavy atom. The predicted octanol–water partition coefficient (Wildman–Crippen LogP) is 1.56. The lowest BCUT2D eigenvalue weighted by molar-refractivity contribution is -0.387. The summed E-state index contributed by atoms with van der Waals surface area (Å²) in [5.74, 6) is 0. The lowest BCUT2D eigenvalue weighted by Gasteiger charge is -2.15. The maximum atomic E-state index is 12.1. The molecule has 1 atom stereocenters. The number of nitrogens with one attached hydrogen (secondary N) is 1. The molecule has 21 heavy (non-hydrogen) atoms. The van der Waals surface area contributed by atoms with Crippen molar-refractivity contribution in [2.75, 3.05) is 6.54 Å². The van der Waals surface area contributed by atoms with E-state index in [2.05, 4.69) is 15.9 Å². The van der Waals surface area contributed by atoms with Gasteiger partial charge in [0.15, 0.2) is 11.0 Å². The van der Waals surface area contributed by atoms with Crippen molar-refractivity contribution >= 4 is 31.6 Å². The fourth-order valence-corrected chi connectivity index (χ4v) is 2.98. The molecule has 1 aromatic carbocycles. The van der Waals surface area contributed by atoms with Crippen molar-refractivity contribution in [1.29, 1.82) is 0 Å². The van der Waals surface area contributed by atoms with Crippen molar-refractivity contribution in [2.45, 2.75) is 17.2 Å². The molecule has 0 saturated carbocycles. The Hall–Kier alpha value is -1.24. The monoisotopic (exact) mass is 392 g/mol. The largest absolute Gasteiger partial charge is 0.415 e. The zero-order valence-corrected chi connectivity index (χ0v) is 12.4. The number of aliphatic hydroxyl groups is 1. The minimum atomic E-state index is -5.01. The van der Waals surface area contributed by atoms with Crippen LogP contribution in [0.5, 0.6) is 0 Å². The van der Waals surface area contributed by atoms with Crippen LogP contribution in [0.2, 0.25) is 0 Å². The van der Waals surface area contributed by atoms with Crippen molar-refractivity contribution in [2.24, 2.45) is 0 Å². The van der Waals surface area contributed by atoms with Gasteiger partial charge in [-0.15, -0.1) is 0 Å². The van der Waals surface area contributed by atoms with E-state index < -0.39 is 44.4 Å². The van der Waals surface area contributed by atoms with Crippen LogP contribution in [0.4, 0.5) is 18.9 Å². The Labute approximate surface area is 125 Å². The number of sulfonamides is 1. The second-order valence-electron chi connectivity index (χ2n) is 3.78. The Bertz CT molecular complexity index is 649. The summed E-state index contributed by atoms with van der Waals surface area (Å²) in [5.41, 5.74) is -0.799. The maximum Gasteiger partial charge on any atom is 0.415 e. The van der Waals surface area contributed by atoms with Crippen LogP contribution < -0.4 is 4.72 Å². The van der Waals surface area contributed by atoms with Crippen molar-refractivity contribution in [3.8, 4) is 0 Å². The van der Waals surface area contributed by atoms with Gasteiger partial charge < -0.3 is 5.11 Å². The molecule has 0 aliphatic carbocycles. The average molecular weight is 393 g/mol. The van der Waals surface area contributed by atoms with Crippen molar-refractivity contribution in [1.82, 2.24) is 4.72 Å². The second-order valence-corrected chi connectivity index (χ2v) is 6.43. The third-order valence-electron chi connectivity index (χ3n) is 2.25. The van der Waals surface area contributed by atoms with Crippen LogP contribution in [0.1, 0.15) is 0 Å². The molecule has 12 heteroatoms. The molecule has 0 saturated heterocycles. The Morgan fingerprint density at radius 3 is 2.48 bits per heavy atom. The Balaban J connectivity index is 3.09. The molecule has 1 rings (SSSR count). The zero-order valence-electron chi connectivity index (χ0n) is 9.96. The van der Waals surface area contributed by atoms with Gasteiger partial charge in [-0.25, -0.2) is 13.1 Å². The smallest absolute Gasteiger partial charge is 0.382 e. The van der Waals surface area contributed by atoms with Crippen LogP contribution in [0, 0.1) is 10.1 Å². The van der Waals surface area contributed by atoms with Gasteiger partial charge in [0, 0.05) is 17.1 Å². The molecule has 0 aromatic heterocycles. The number of halogens is 4. The van der Waals surface area contributed by atoms with Gasteiger partial charge in [-0.05, 0) is 12.1 Å². The number of nitrogens with zero attached hydrogens (tertiary/aromatic N) is 1. The van der Waals surface area contributed by atoms with Gasteiger partial charge in [0.25, 0.3) is 5.69 Å². The number of alkyl halides is 3. The first kappa shape index (κ1) is 17.8. The molecule has 0 heterocycles. The van der Waals surface area contributed by atoms with E-state index in [0.717, 1.165) is 12.1 Å². The molecule has 1 aromatic rings. The van der Waals surface area contributed by atoms with Crippen LogP contribution in [0.25, 0.3) is 0 Å². The molecular formula is C9H8BrF3N2O5S. The van der Waals surface area contributed by atoms with Gasteiger partial charge in [-0.3, -0.25) is 10.1 Å². The number of aliphatic hydroxyl groups excluding tert-OH is 1. The third kappa shape index (κ3) is 4.62. The maximum absolute atomic E-state index is 12.1. The molecular weight excluding hydrogens is 385 g/mol. The summed E-state index contributed by atoms with van der Waals surface area (Å²) < 4.78 is 61.6. The fraction of sp³-hybridized carbons (Fsp3) is 0.333. The molecule has 0 bridgehead atoms. The molecule has 2 N–H and O–H groups in total. The third-order valence-corrected chi connectivity index (χ3v) is 4.20. The highest BCUT2D eigenvalue weighted by atomic mass is 79.9. The minimum absolute atomic E-state index is 0.185. The summed E-state index contributed by atoms with van der Waals surface area (Å²) in [5, 5.41) is 19.5. The van der Waals surface area contributed by atoms with Gasteiger partial charge >= 0.3 is 6.18 Å². The molecule has 0 aliphatic heterocycles. The van der Waals surface area contributed by atoms with Crippen molar-refractivity contribution < 1.29 is 31.6 Å². The van der Waals surface area contributed by atoms with Gasteiger partial charge in [0.1, 0.15) is 0 Å². The lowest BCUT2D eigenvalue weighted by atomic mass is 10.3. The number of benzene rings is 1. The van der Waals surface area contributed by atoms with Gasteiger partial charge in [0.2, 0.25) is 10.0 Å². The summed E-state index contributed by atoms with van der Waals surface area (Å²) in [6.07, 6.45) is -7.93. The second kappa shape index (κ2) is 6.25. The summed E-state index contributed by atoms with van der Waals surface area (Å²) in [4.78, 5) is 8.95. The number of hydrogen-bond acceptors (Lipinski definition) is 5. The molecule has 118 valence electrons. The van der Waals surface area contributed by atoms with Gasteiger partial charge in [-0.2, -0.15) is 13.2 Å². The Morgan fingerprint density at radius 2 is 2.00 bits per heavy atom. The van der Waals surface area contributed by atoms with Crippen molar-refractivity contribution in [3.05, 3.63) is 32.8 Å². The summed E-state index contributed by atoms with van der Waals surface area (Å²) in [6, 6.07) is 2.97. The molecule has 0 aliphatic rings. The van der Waals surface area contributed by atoms with Crippen LogP contribution >= 0.6 is 15.9 Å². The molecule has 0 amide bonds. The zero-order chi connectivity index (χ0) is 16.4. The van der Waals surface area contributed by atoms with E-state index in [1.807, 2.05) is 0 Å². The highest BCUT2D eigenvalue weighted by Crippen LogP contribution is 2.27. The minimum Gasteiger partial charge on any atom is -0.382 e. The fourth-order valence-electron chi connectivity index (χ4n) is 1.24. The summed E-state index contributed by atoms with van der Waals surface area (Å²) in [6.45, 7) is -1.35. The van der Waals surface area contributed by atoms with Crippen LogP contribution in [0.15, 0.2) is 27.6 Å². The average Bonchev–Trinajstić information content (AvgIpc) is 2.34. The molecule has 1 unspecified atom stereocenters. The van der Waals surface area contributed by atoms with Crippen LogP contribution in [-0.4, -0.2) is 37.3 Å². The van der Waals surface area contributed by atoms with Crippen LogP contribution in [0.3, 0.4) is 0 Å². The van der Waals surface area contributed by atoms with E-state index in [1.165, 1.54) is 10.8 Å². The van der Waals surface area contributed by atoms with E-state index in [0.29, 0.717) is 0 Å². The lowest BCUT2D eigenvalue weighted by Crippen LogP contribution is -2.40. The highest BCUT2D eigenvalue weighted by molar-refractivity contribution is 9.10. The SMILES string of the molecule is O=[N+]([O-])c1ccc(Br)cc1S(=O)(=O)NCC(O)C(F)(F)F. The highest BCUT2D eigenvalue weighted by Gasteiger charge is 2.39.